The number of benzene rings is 2. The summed E-state index contributed by atoms with van der Waals surface area (Å²) in [5.74, 6) is -1.88. The Hall–Kier alpha value is -2.54. The van der Waals surface area contributed by atoms with Crippen LogP contribution in [0.2, 0.25) is 0 Å². The molecule has 1 aliphatic heterocycles. The lowest BCUT2D eigenvalue weighted by Crippen LogP contribution is -3.19. The molecule has 1 atom stereocenters. The summed E-state index contributed by atoms with van der Waals surface area (Å²) in [6.07, 6.45) is 0. The lowest BCUT2D eigenvalue weighted by atomic mass is 10.2. The Morgan fingerprint density at radius 3 is 2.31 bits per heavy atom. The molecule has 3 rings (SSSR count). The molecule has 0 spiro atoms. The average Bonchev–Trinajstić information content (AvgIpc) is 2.65. The summed E-state index contributed by atoms with van der Waals surface area (Å²) in [6, 6.07) is 8.91. The largest absolute Gasteiger partial charge is 0.360 e. The van der Waals surface area contributed by atoms with E-state index in [1.54, 1.807) is 19.1 Å². The predicted octanol–water partition coefficient (Wildman–Crippen LogP) is 1.84. The molecule has 0 unspecified atom stereocenters. The first-order valence-electron chi connectivity index (χ1n) is 8.55. The van der Waals surface area contributed by atoms with Crippen LogP contribution in [0.4, 0.5) is 24.5 Å². The molecule has 1 aliphatic rings. The van der Waals surface area contributed by atoms with E-state index in [9.17, 15) is 18.0 Å². The monoisotopic (exact) mass is 364 g/mol. The van der Waals surface area contributed by atoms with Gasteiger partial charge in [-0.2, -0.15) is 0 Å². The summed E-state index contributed by atoms with van der Waals surface area (Å²) >= 11 is 0. The summed E-state index contributed by atoms with van der Waals surface area (Å²) < 4.78 is 39.9. The maximum atomic E-state index is 13.7. The van der Waals surface area contributed by atoms with Gasteiger partial charge in [0, 0.05) is 11.8 Å². The maximum Gasteiger partial charge on any atom is 0.282 e. The highest BCUT2D eigenvalue weighted by Crippen LogP contribution is 2.16. The molecule has 2 aromatic rings. The Bertz CT molecular complexity index is 774. The molecule has 0 aromatic heterocycles. The van der Waals surface area contributed by atoms with Crippen LogP contribution < -0.4 is 15.1 Å². The number of nitrogens with zero attached hydrogens (tertiary/aromatic N) is 1. The summed E-state index contributed by atoms with van der Waals surface area (Å²) in [5, 5.41) is 2.47. The normalized spacial score (nSPS) is 16.4. The molecule has 1 heterocycles. The molecular formula is C19H21F3N3O+. The van der Waals surface area contributed by atoms with Gasteiger partial charge in [0.05, 0.1) is 31.9 Å². The van der Waals surface area contributed by atoms with Crippen LogP contribution >= 0.6 is 0 Å². The van der Waals surface area contributed by atoms with Crippen molar-refractivity contribution in [1.82, 2.24) is 0 Å². The van der Waals surface area contributed by atoms with E-state index >= 15 is 0 Å². The van der Waals surface area contributed by atoms with Crippen molar-refractivity contribution >= 4 is 17.3 Å². The van der Waals surface area contributed by atoms with E-state index in [0.29, 0.717) is 0 Å². The van der Waals surface area contributed by atoms with Crippen LogP contribution in [0.5, 0.6) is 0 Å². The van der Waals surface area contributed by atoms with E-state index in [2.05, 4.69) is 10.2 Å². The number of nitrogens with one attached hydrogen (secondary N) is 2. The Kier molecular flexibility index (Phi) is 5.46. The fourth-order valence-corrected chi connectivity index (χ4v) is 3.16. The van der Waals surface area contributed by atoms with E-state index in [4.69, 9.17) is 0 Å². The number of hydrogen-bond donors (Lipinski definition) is 2. The van der Waals surface area contributed by atoms with E-state index < -0.39 is 17.7 Å². The number of carbonyl (C=O) groups excluding carboxylic acids is 1. The van der Waals surface area contributed by atoms with Crippen molar-refractivity contribution < 1.29 is 22.9 Å². The molecule has 1 fully saturated rings. The molecule has 7 heteroatoms. The Morgan fingerprint density at radius 1 is 1.04 bits per heavy atom. The van der Waals surface area contributed by atoms with Gasteiger partial charge in [-0.25, -0.2) is 13.2 Å². The molecule has 0 aliphatic carbocycles. The number of quaternary nitrogens is 1. The van der Waals surface area contributed by atoms with Crippen molar-refractivity contribution in [3.05, 3.63) is 59.9 Å². The summed E-state index contributed by atoms with van der Waals surface area (Å²) in [5.41, 5.74) is 0.801. The minimum absolute atomic E-state index is 0.147. The zero-order chi connectivity index (χ0) is 18.7. The van der Waals surface area contributed by atoms with Crippen molar-refractivity contribution in [2.24, 2.45) is 0 Å². The molecule has 1 saturated heterocycles. The number of piperazine rings is 1. The van der Waals surface area contributed by atoms with E-state index in [0.717, 1.165) is 55.0 Å². The molecule has 0 saturated carbocycles. The van der Waals surface area contributed by atoms with E-state index in [1.807, 2.05) is 0 Å². The van der Waals surface area contributed by atoms with Gasteiger partial charge in [0.1, 0.15) is 17.5 Å². The third-order valence-corrected chi connectivity index (χ3v) is 4.79. The van der Waals surface area contributed by atoms with Crippen LogP contribution in [0.15, 0.2) is 42.5 Å². The second-order valence-corrected chi connectivity index (χ2v) is 6.46. The van der Waals surface area contributed by atoms with Crippen molar-refractivity contribution in [1.29, 1.82) is 0 Å². The molecule has 4 nitrogen and oxygen atoms in total. The van der Waals surface area contributed by atoms with E-state index in [1.165, 1.54) is 12.1 Å². The van der Waals surface area contributed by atoms with Crippen LogP contribution in [-0.2, 0) is 4.79 Å². The minimum Gasteiger partial charge on any atom is -0.360 e. The summed E-state index contributed by atoms with van der Waals surface area (Å²) in [6.45, 7) is 4.67. The standard InChI is InChI=1S/C19H20F3N3O/c1-13(19(26)23-18-12-15(21)4-7-17(18)22)24-8-10-25(11-9-24)16-5-2-14(20)3-6-16/h2-7,12-13H,8-11H2,1H3,(H,23,26)/p+1/t13-/m0/s1. The minimum atomic E-state index is -0.664. The first kappa shape index (κ1) is 18.3. The maximum absolute atomic E-state index is 13.7. The van der Waals surface area contributed by atoms with Crippen LogP contribution in [-0.4, -0.2) is 38.1 Å². The fourth-order valence-electron chi connectivity index (χ4n) is 3.16. The molecule has 0 radical (unpaired) electrons. The number of carbonyl (C=O) groups is 1. The summed E-state index contributed by atoms with van der Waals surface area (Å²) in [4.78, 5) is 15.6. The van der Waals surface area contributed by atoms with Crippen molar-refractivity contribution in [3.8, 4) is 0 Å². The average molecular weight is 364 g/mol. The highest BCUT2D eigenvalue weighted by Gasteiger charge is 2.29. The third kappa shape index (κ3) is 4.16. The van der Waals surface area contributed by atoms with Crippen molar-refractivity contribution in [2.45, 2.75) is 13.0 Å². The number of halogens is 3. The van der Waals surface area contributed by atoms with Crippen molar-refractivity contribution in [2.75, 3.05) is 36.4 Å². The van der Waals surface area contributed by atoms with Crippen molar-refractivity contribution in [3.63, 3.8) is 0 Å². The van der Waals surface area contributed by atoms with Gasteiger partial charge in [-0.15, -0.1) is 0 Å². The van der Waals surface area contributed by atoms with Crippen LogP contribution in [0.3, 0.4) is 0 Å². The van der Waals surface area contributed by atoms with Gasteiger partial charge in [-0.3, -0.25) is 4.79 Å². The van der Waals surface area contributed by atoms with Gasteiger partial charge < -0.3 is 15.1 Å². The van der Waals surface area contributed by atoms with Gasteiger partial charge in [-0.1, -0.05) is 0 Å². The molecule has 2 aromatic carbocycles. The Balaban J connectivity index is 1.57. The van der Waals surface area contributed by atoms with Crippen LogP contribution in [0.1, 0.15) is 6.92 Å². The highest BCUT2D eigenvalue weighted by molar-refractivity contribution is 5.93. The van der Waals surface area contributed by atoms with Crippen LogP contribution in [0, 0.1) is 17.5 Å². The SMILES string of the molecule is C[C@@H](C(=O)Nc1cc(F)ccc1F)[NH+]1CCN(c2ccc(F)cc2)CC1. The molecule has 1 amide bonds. The Labute approximate surface area is 150 Å². The van der Waals surface area contributed by atoms with Gasteiger partial charge in [0.15, 0.2) is 6.04 Å². The summed E-state index contributed by atoms with van der Waals surface area (Å²) in [7, 11) is 0. The molecule has 2 N–H and O–H groups in total. The first-order chi connectivity index (χ1) is 12.4. The first-order valence-corrected chi connectivity index (χ1v) is 8.55. The van der Waals surface area contributed by atoms with Crippen LogP contribution in [0.25, 0.3) is 0 Å². The van der Waals surface area contributed by atoms with E-state index in [-0.39, 0.29) is 17.4 Å². The third-order valence-electron chi connectivity index (χ3n) is 4.79. The zero-order valence-electron chi connectivity index (χ0n) is 14.4. The number of amides is 1. The topological polar surface area (TPSA) is 36.8 Å². The molecular weight excluding hydrogens is 343 g/mol. The van der Waals surface area contributed by atoms with Gasteiger partial charge in [-0.05, 0) is 43.3 Å². The number of hydrogen-bond acceptors (Lipinski definition) is 2. The molecule has 0 bridgehead atoms. The fraction of sp³-hybridized carbons (Fsp3) is 0.316. The van der Waals surface area contributed by atoms with Gasteiger partial charge in [0.25, 0.3) is 5.91 Å². The second kappa shape index (κ2) is 7.78. The molecule has 26 heavy (non-hydrogen) atoms. The zero-order valence-corrected chi connectivity index (χ0v) is 14.4. The second-order valence-electron chi connectivity index (χ2n) is 6.46. The predicted molar refractivity (Wildman–Crippen MR) is 93.8 cm³/mol. The smallest absolute Gasteiger partial charge is 0.282 e. The van der Waals surface area contributed by atoms with Gasteiger partial charge >= 0.3 is 0 Å². The Morgan fingerprint density at radius 2 is 1.65 bits per heavy atom. The lowest BCUT2D eigenvalue weighted by Gasteiger charge is -2.36. The van der Waals surface area contributed by atoms with Gasteiger partial charge in [0.2, 0.25) is 0 Å². The quantitative estimate of drug-likeness (QED) is 0.869. The highest BCUT2D eigenvalue weighted by atomic mass is 19.1. The molecule has 138 valence electrons. The number of rotatable bonds is 4. The number of anilines is 2. The lowest BCUT2D eigenvalue weighted by molar-refractivity contribution is -0.914.